The van der Waals surface area contributed by atoms with Gasteiger partial charge >= 0.3 is 11.9 Å². The lowest BCUT2D eigenvalue weighted by Crippen LogP contribution is -2.37. The Bertz CT molecular complexity index is 1360. The fourth-order valence-electron chi connectivity index (χ4n) is 8.71. The van der Waals surface area contributed by atoms with E-state index >= 15 is 0 Å². The Labute approximate surface area is 445 Å². The fraction of sp³-hybridized carbons (Fsp3) is 0.839. The van der Waals surface area contributed by atoms with Crippen LogP contribution in [0.3, 0.4) is 0 Å². The van der Waals surface area contributed by atoms with Crippen LogP contribution < -0.4 is 4.89 Å². The van der Waals surface area contributed by atoms with Crippen LogP contribution in [0.15, 0.2) is 48.6 Å². The van der Waals surface area contributed by atoms with Gasteiger partial charge in [0.2, 0.25) is 0 Å². The molecule has 0 N–H and O–H groups in total. The zero-order valence-corrected chi connectivity index (χ0v) is 48.8. The van der Waals surface area contributed by atoms with Gasteiger partial charge in [0.25, 0.3) is 7.82 Å². The summed E-state index contributed by atoms with van der Waals surface area (Å²) in [5.74, 6) is -0.851. The minimum absolute atomic E-state index is 0.0360. The molecule has 0 aliphatic heterocycles. The van der Waals surface area contributed by atoms with Crippen molar-refractivity contribution >= 4 is 19.8 Å². The molecule has 0 fully saturated rings. The SMILES string of the molecule is CC/C=C\C/C=C\C/C=C\C/C=C\CCCCCCC(=O)OC(COC(=O)CCCCCCCCCCCCCCCCCCCCCCCCCCCCCCCCC)COP(=O)([O-])OCC[N+](C)(C)C. The van der Waals surface area contributed by atoms with Gasteiger partial charge in [0, 0.05) is 12.8 Å². The summed E-state index contributed by atoms with van der Waals surface area (Å²) in [5.41, 5.74) is 0. The number of phosphoric acid groups is 1. The van der Waals surface area contributed by atoms with Gasteiger partial charge in [0.1, 0.15) is 19.8 Å². The topological polar surface area (TPSA) is 111 Å². The summed E-state index contributed by atoms with van der Waals surface area (Å²) in [4.78, 5) is 37.8. The quantitative estimate of drug-likeness (QED) is 0.0195. The molecule has 0 amide bonds. The first kappa shape index (κ1) is 70.0. The second-order valence-electron chi connectivity index (χ2n) is 21.7. The van der Waals surface area contributed by atoms with Crippen molar-refractivity contribution in [1.29, 1.82) is 0 Å². The van der Waals surface area contributed by atoms with Crippen molar-refractivity contribution in [3.8, 4) is 0 Å². The molecule has 9 nitrogen and oxygen atoms in total. The van der Waals surface area contributed by atoms with E-state index < -0.39 is 26.5 Å². The largest absolute Gasteiger partial charge is 0.756 e. The van der Waals surface area contributed by atoms with E-state index in [0.717, 1.165) is 70.6 Å². The molecule has 0 aliphatic rings. The van der Waals surface area contributed by atoms with Gasteiger partial charge in [-0.25, -0.2) is 0 Å². The lowest BCUT2D eigenvalue weighted by molar-refractivity contribution is -0.870. The molecule has 10 heteroatoms. The lowest BCUT2D eigenvalue weighted by Gasteiger charge is -2.28. The molecular weight excluding hydrogens is 918 g/mol. The highest BCUT2D eigenvalue weighted by molar-refractivity contribution is 7.45. The van der Waals surface area contributed by atoms with Crippen LogP contribution in [-0.4, -0.2) is 70.0 Å². The van der Waals surface area contributed by atoms with E-state index in [1.165, 1.54) is 180 Å². The van der Waals surface area contributed by atoms with Crippen molar-refractivity contribution in [2.75, 3.05) is 47.5 Å². The molecule has 0 aliphatic carbocycles. The minimum atomic E-state index is -4.64. The second-order valence-corrected chi connectivity index (χ2v) is 23.1. The van der Waals surface area contributed by atoms with Gasteiger partial charge < -0.3 is 27.9 Å². The molecule has 0 heterocycles. The molecule has 0 spiro atoms. The van der Waals surface area contributed by atoms with E-state index in [2.05, 4.69) is 62.5 Å². The number of phosphoric ester groups is 1. The normalized spacial score (nSPS) is 13.6. The molecule has 2 atom stereocenters. The first-order chi connectivity index (χ1) is 35.0. The highest BCUT2D eigenvalue weighted by Crippen LogP contribution is 2.38. The fourth-order valence-corrected chi connectivity index (χ4v) is 9.44. The van der Waals surface area contributed by atoms with Gasteiger partial charge in [0.05, 0.1) is 27.7 Å². The lowest BCUT2D eigenvalue weighted by atomic mass is 10.0. The number of ether oxygens (including phenoxy) is 2. The van der Waals surface area contributed by atoms with Gasteiger partial charge in [0.15, 0.2) is 6.10 Å². The number of hydrogen-bond donors (Lipinski definition) is 0. The number of likely N-dealkylation sites (N-methyl/N-ethyl adjacent to an activating group) is 1. The number of rotatable bonds is 56. The van der Waals surface area contributed by atoms with Crippen LogP contribution in [0.5, 0.6) is 0 Å². The average Bonchev–Trinajstić information content (AvgIpc) is 3.34. The zero-order chi connectivity index (χ0) is 52.7. The van der Waals surface area contributed by atoms with E-state index in [9.17, 15) is 19.0 Å². The van der Waals surface area contributed by atoms with Gasteiger partial charge in [-0.3, -0.25) is 14.2 Å². The number of hydrogen-bond acceptors (Lipinski definition) is 8. The van der Waals surface area contributed by atoms with Crippen molar-refractivity contribution in [2.24, 2.45) is 0 Å². The van der Waals surface area contributed by atoms with E-state index in [4.69, 9.17) is 18.5 Å². The number of allylic oxidation sites excluding steroid dienone is 8. The van der Waals surface area contributed by atoms with Gasteiger partial charge in [-0.2, -0.15) is 0 Å². The summed E-state index contributed by atoms with van der Waals surface area (Å²) in [6, 6.07) is 0. The maximum Gasteiger partial charge on any atom is 0.306 e. The molecule has 0 bridgehead atoms. The highest BCUT2D eigenvalue weighted by Gasteiger charge is 2.22. The summed E-state index contributed by atoms with van der Waals surface area (Å²) in [6.07, 6.45) is 67.6. The smallest absolute Gasteiger partial charge is 0.306 e. The Morgan fingerprint density at radius 1 is 0.444 bits per heavy atom. The number of quaternary nitrogens is 1. The first-order valence-corrected chi connectivity index (χ1v) is 31.8. The standard InChI is InChI=1S/C62H116NO8P/c1-6-8-10-12-14-16-18-20-22-24-25-26-27-28-29-30-31-32-33-34-35-36-37-39-40-42-44-46-48-50-52-54-61(64)68-58-60(59-70-72(66,67)69-57-56-63(3,4)5)71-62(65)55-53-51-49-47-45-43-41-38-23-21-19-17-15-13-11-9-7-2/h9,11,15,17,21,23,41,43,60H,6-8,10,12-14,16,18-20,22,24-40,42,44-59H2,1-5H3/b11-9-,17-15-,23-21-,43-41-. The third-order valence-corrected chi connectivity index (χ3v) is 14.3. The molecule has 72 heavy (non-hydrogen) atoms. The molecule has 0 aromatic heterocycles. The Balaban J connectivity index is 4.03. The average molecular weight is 1030 g/mol. The molecule has 2 unspecified atom stereocenters. The molecule has 0 saturated carbocycles. The van der Waals surface area contributed by atoms with Crippen LogP contribution in [0.2, 0.25) is 0 Å². The van der Waals surface area contributed by atoms with Crippen molar-refractivity contribution in [3.05, 3.63) is 48.6 Å². The van der Waals surface area contributed by atoms with E-state index in [-0.39, 0.29) is 32.0 Å². The molecule has 0 aromatic carbocycles. The Morgan fingerprint density at radius 3 is 1.18 bits per heavy atom. The van der Waals surface area contributed by atoms with Crippen molar-refractivity contribution in [1.82, 2.24) is 0 Å². The van der Waals surface area contributed by atoms with Crippen LogP contribution in [-0.2, 0) is 32.7 Å². The maximum absolute atomic E-state index is 12.8. The third kappa shape index (κ3) is 57.3. The molecule has 0 radical (unpaired) electrons. The molecule has 0 saturated heterocycles. The predicted octanol–water partition coefficient (Wildman–Crippen LogP) is 18.3. The number of unbranched alkanes of at least 4 members (excludes halogenated alkanes) is 34. The van der Waals surface area contributed by atoms with Gasteiger partial charge in [-0.05, 0) is 51.4 Å². The van der Waals surface area contributed by atoms with Crippen LogP contribution in [0.25, 0.3) is 0 Å². The third-order valence-electron chi connectivity index (χ3n) is 13.4. The maximum atomic E-state index is 12.8. The molecule has 0 aromatic rings. The van der Waals surface area contributed by atoms with Gasteiger partial charge in [-0.1, -0.05) is 268 Å². The first-order valence-electron chi connectivity index (χ1n) is 30.3. The number of carbonyl (C=O) groups excluding carboxylic acids is 2. The van der Waals surface area contributed by atoms with Crippen LogP contribution >= 0.6 is 7.82 Å². The van der Waals surface area contributed by atoms with Gasteiger partial charge in [-0.15, -0.1) is 0 Å². The predicted molar refractivity (Wildman–Crippen MR) is 305 cm³/mol. The van der Waals surface area contributed by atoms with E-state index in [1.54, 1.807) is 0 Å². The number of nitrogens with zero attached hydrogens (tertiary/aromatic N) is 1. The molecule has 0 rings (SSSR count). The van der Waals surface area contributed by atoms with Crippen LogP contribution in [0.4, 0.5) is 0 Å². The minimum Gasteiger partial charge on any atom is -0.756 e. The van der Waals surface area contributed by atoms with E-state index in [1.807, 2.05) is 21.1 Å². The Morgan fingerprint density at radius 2 is 0.792 bits per heavy atom. The Hall–Kier alpha value is -2.03. The number of esters is 2. The van der Waals surface area contributed by atoms with Crippen LogP contribution in [0, 0.1) is 0 Å². The van der Waals surface area contributed by atoms with Crippen molar-refractivity contribution < 1.29 is 42.1 Å². The summed E-state index contributed by atoms with van der Waals surface area (Å²) in [5, 5.41) is 0. The summed E-state index contributed by atoms with van der Waals surface area (Å²) in [7, 11) is 1.15. The van der Waals surface area contributed by atoms with Crippen molar-refractivity contribution in [2.45, 2.75) is 290 Å². The number of carbonyl (C=O) groups is 2. The Kier molecular flexibility index (Phi) is 52.3. The summed E-state index contributed by atoms with van der Waals surface area (Å²) < 4.78 is 34.1. The monoisotopic (exact) mass is 1030 g/mol. The summed E-state index contributed by atoms with van der Waals surface area (Å²) in [6.45, 7) is 4.13. The second kappa shape index (κ2) is 53.8. The van der Waals surface area contributed by atoms with Crippen LogP contribution in [0.1, 0.15) is 284 Å². The summed E-state index contributed by atoms with van der Waals surface area (Å²) >= 11 is 0. The molecular formula is C62H116NO8P. The van der Waals surface area contributed by atoms with E-state index in [0.29, 0.717) is 17.4 Å². The van der Waals surface area contributed by atoms with Crippen molar-refractivity contribution in [3.63, 3.8) is 0 Å². The highest BCUT2D eigenvalue weighted by atomic mass is 31.2. The zero-order valence-electron chi connectivity index (χ0n) is 47.9. The molecule has 422 valence electrons.